The third kappa shape index (κ3) is 12.6. The Bertz CT molecular complexity index is 160. The first-order valence-electron chi connectivity index (χ1n) is 10.5. The Labute approximate surface area is 142 Å². The van der Waals surface area contributed by atoms with E-state index in [1.54, 1.807) is 25.3 Å². The molecule has 0 bridgehead atoms. The average molecular weight is 313 g/mol. The lowest BCUT2D eigenvalue weighted by Gasteiger charge is -2.40. The van der Waals surface area contributed by atoms with Crippen molar-refractivity contribution in [3.05, 3.63) is 0 Å². The van der Waals surface area contributed by atoms with E-state index >= 15 is 0 Å². The van der Waals surface area contributed by atoms with Gasteiger partial charge in [-0.1, -0.05) is 105 Å². The molecular formula is C20H48BN. The Hall–Kier alpha value is 0.0249. The lowest BCUT2D eigenvalue weighted by atomic mass is 9.17. The monoisotopic (exact) mass is 313 g/mol. The van der Waals surface area contributed by atoms with Gasteiger partial charge >= 0.3 is 0 Å². The zero-order chi connectivity index (χ0) is 15.8. The molecule has 0 fully saturated rings. The van der Waals surface area contributed by atoms with Crippen LogP contribution in [0.1, 0.15) is 105 Å². The van der Waals surface area contributed by atoms with E-state index in [0.29, 0.717) is 0 Å². The van der Waals surface area contributed by atoms with Gasteiger partial charge in [-0.15, -0.1) is 0 Å². The molecule has 0 radical (unpaired) electrons. The molecule has 0 saturated carbocycles. The van der Waals surface area contributed by atoms with Crippen LogP contribution in [0, 0.1) is 0 Å². The van der Waals surface area contributed by atoms with Crippen LogP contribution in [-0.2, 0) is 0 Å². The van der Waals surface area contributed by atoms with Gasteiger partial charge in [0.1, 0.15) is 0 Å². The molecule has 1 nitrogen and oxygen atoms in total. The first kappa shape index (κ1) is 24.3. The second-order valence-corrected chi connectivity index (χ2v) is 7.72. The van der Waals surface area contributed by atoms with E-state index in [9.17, 15) is 0 Å². The number of hydrogen-bond donors (Lipinski definition) is 1. The number of unbranched alkanes of at least 4 members (excludes halogenated alkanes) is 8. The highest BCUT2D eigenvalue weighted by atomic mass is 14.0. The summed E-state index contributed by atoms with van der Waals surface area (Å²) in [7, 11) is 0. The van der Waals surface area contributed by atoms with Crippen molar-refractivity contribution in [1.29, 1.82) is 0 Å². The Kier molecular flexibility index (Phi) is 19.2. The molecule has 2 heteroatoms. The molecule has 0 aromatic heterocycles. The van der Waals surface area contributed by atoms with E-state index < -0.39 is 0 Å². The van der Waals surface area contributed by atoms with Crippen LogP contribution in [-0.4, -0.2) is 6.15 Å². The molecule has 0 atom stereocenters. The molecule has 0 saturated heterocycles. The van der Waals surface area contributed by atoms with E-state index in [-0.39, 0.29) is 12.3 Å². The lowest BCUT2D eigenvalue weighted by molar-refractivity contribution is 0.693. The molecule has 0 aromatic rings. The third-order valence-corrected chi connectivity index (χ3v) is 5.68. The van der Waals surface area contributed by atoms with Crippen LogP contribution in [0.15, 0.2) is 0 Å². The van der Waals surface area contributed by atoms with Crippen molar-refractivity contribution in [3.63, 3.8) is 0 Å². The predicted molar refractivity (Wildman–Crippen MR) is 109 cm³/mol. The predicted octanol–water partition coefficient (Wildman–Crippen LogP) is 8.57. The number of quaternary nitrogens is 1. The van der Waals surface area contributed by atoms with Crippen molar-refractivity contribution >= 4 is 6.15 Å². The zero-order valence-electron chi connectivity index (χ0n) is 16.9. The van der Waals surface area contributed by atoms with Crippen LogP contribution in [0.25, 0.3) is 0 Å². The first-order valence-corrected chi connectivity index (χ1v) is 10.5. The summed E-state index contributed by atoms with van der Waals surface area (Å²) in [5, 5.41) is 0. The molecule has 0 aromatic carbocycles. The molecule has 0 aliphatic heterocycles. The first-order chi connectivity index (χ1) is 10.2. The average Bonchev–Trinajstić information content (AvgIpc) is 2.48. The minimum Gasteiger partial charge on any atom is -0.369 e. The fraction of sp³-hybridized carbons (Fsp3) is 1.00. The summed E-state index contributed by atoms with van der Waals surface area (Å²) < 4.78 is 0. The number of rotatable bonds is 16. The van der Waals surface area contributed by atoms with Gasteiger partial charge in [0, 0.05) is 6.15 Å². The summed E-state index contributed by atoms with van der Waals surface area (Å²) in [6.07, 6.45) is 23.6. The van der Waals surface area contributed by atoms with E-state index in [0.717, 1.165) is 0 Å². The van der Waals surface area contributed by atoms with Crippen LogP contribution in [0.2, 0.25) is 25.3 Å². The summed E-state index contributed by atoms with van der Waals surface area (Å²) in [4.78, 5) is 0. The third-order valence-electron chi connectivity index (χ3n) is 5.68. The Morgan fingerprint density at radius 1 is 0.409 bits per heavy atom. The van der Waals surface area contributed by atoms with Gasteiger partial charge < -0.3 is 6.15 Å². The van der Waals surface area contributed by atoms with Gasteiger partial charge in [0.2, 0.25) is 0 Å². The molecular weight excluding hydrogens is 265 g/mol. The molecule has 4 N–H and O–H groups in total. The van der Waals surface area contributed by atoms with E-state index in [1.165, 1.54) is 77.0 Å². The fourth-order valence-electron chi connectivity index (χ4n) is 4.18. The highest BCUT2D eigenvalue weighted by molar-refractivity contribution is 6.79. The summed E-state index contributed by atoms with van der Waals surface area (Å²) in [5.74, 6) is 0. The SMILES string of the molecule is CCCCC[B-](CCCCC)(CCCCC)CCCCC.[NH4+]. The van der Waals surface area contributed by atoms with Gasteiger partial charge in [0.15, 0.2) is 0 Å². The van der Waals surface area contributed by atoms with Gasteiger partial charge in [0.05, 0.1) is 0 Å². The lowest BCUT2D eigenvalue weighted by Crippen LogP contribution is -2.33. The van der Waals surface area contributed by atoms with Crippen molar-refractivity contribution in [2.45, 2.75) is 130 Å². The van der Waals surface area contributed by atoms with E-state index in [1.807, 2.05) is 0 Å². The van der Waals surface area contributed by atoms with Gasteiger partial charge in [-0.2, -0.15) is 25.3 Å². The highest BCUT2D eigenvalue weighted by Gasteiger charge is 2.22. The van der Waals surface area contributed by atoms with Gasteiger partial charge in [-0.3, -0.25) is 0 Å². The van der Waals surface area contributed by atoms with Gasteiger partial charge in [0.25, 0.3) is 0 Å². The van der Waals surface area contributed by atoms with Gasteiger partial charge in [-0.25, -0.2) is 0 Å². The zero-order valence-corrected chi connectivity index (χ0v) is 16.9. The van der Waals surface area contributed by atoms with Crippen LogP contribution in [0.5, 0.6) is 0 Å². The number of hydrogen-bond acceptors (Lipinski definition) is 0. The second kappa shape index (κ2) is 17.4. The fourth-order valence-corrected chi connectivity index (χ4v) is 4.18. The van der Waals surface area contributed by atoms with Crippen molar-refractivity contribution in [1.82, 2.24) is 6.15 Å². The molecule has 0 aliphatic rings. The van der Waals surface area contributed by atoms with Crippen molar-refractivity contribution in [2.24, 2.45) is 0 Å². The Balaban J connectivity index is 0. The largest absolute Gasteiger partial charge is 0.369 e. The van der Waals surface area contributed by atoms with Crippen molar-refractivity contribution in [3.8, 4) is 0 Å². The van der Waals surface area contributed by atoms with Crippen molar-refractivity contribution < 1.29 is 0 Å². The van der Waals surface area contributed by atoms with Crippen molar-refractivity contribution in [2.75, 3.05) is 0 Å². The van der Waals surface area contributed by atoms with Crippen LogP contribution < -0.4 is 6.15 Å². The second-order valence-electron chi connectivity index (χ2n) is 7.72. The smallest absolute Gasteiger partial charge is 0.000747 e. The maximum absolute atomic E-state index is 2.35. The molecule has 136 valence electrons. The molecule has 0 aliphatic carbocycles. The minimum absolute atomic E-state index is 0. The van der Waals surface area contributed by atoms with Gasteiger partial charge in [-0.05, 0) is 0 Å². The highest BCUT2D eigenvalue weighted by Crippen LogP contribution is 2.34. The summed E-state index contributed by atoms with van der Waals surface area (Å²) in [6.45, 7) is 9.39. The quantitative estimate of drug-likeness (QED) is 0.219. The molecule has 22 heavy (non-hydrogen) atoms. The molecule has 0 amide bonds. The topological polar surface area (TPSA) is 36.5 Å². The molecule has 0 rings (SSSR count). The van der Waals surface area contributed by atoms with E-state index in [2.05, 4.69) is 27.7 Å². The molecule has 0 unspecified atom stereocenters. The summed E-state index contributed by atoms with van der Waals surface area (Å²) in [6, 6.07) is 0. The summed E-state index contributed by atoms with van der Waals surface area (Å²) >= 11 is 0. The Morgan fingerprint density at radius 3 is 0.818 bits per heavy atom. The van der Waals surface area contributed by atoms with Crippen LogP contribution in [0.4, 0.5) is 0 Å². The van der Waals surface area contributed by atoms with Crippen LogP contribution in [0.3, 0.4) is 0 Å². The normalized spacial score (nSPS) is 11.5. The maximum Gasteiger partial charge on any atom is 0.000747 e. The summed E-state index contributed by atoms with van der Waals surface area (Å²) in [5.41, 5.74) is 0. The standard InChI is InChI=1S/C20H44B.H3N/c1-5-9-13-17-21(18-14-10-6-2,19-15-11-7-3)20-16-12-8-4;/h5-20H2,1-4H3;1H3/q-1;/p+1. The maximum atomic E-state index is 2.35. The van der Waals surface area contributed by atoms with E-state index in [4.69, 9.17) is 0 Å². The molecule has 0 heterocycles. The van der Waals surface area contributed by atoms with Crippen LogP contribution >= 0.6 is 0 Å². The Morgan fingerprint density at radius 2 is 0.636 bits per heavy atom. The minimum atomic E-state index is -0.0383. The molecule has 0 spiro atoms.